The van der Waals surface area contributed by atoms with E-state index in [4.69, 9.17) is 0 Å². The van der Waals surface area contributed by atoms with Crippen LogP contribution in [0.3, 0.4) is 0 Å². The van der Waals surface area contributed by atoms with Crippen molar-refractivity contribution in [3.05, 3.63) is 65.7 Å². The van der Waals surface area contributed by atoms with Gasteiger partial charge < -0.3 is 4.90 Å². The van der Waals surface area contributed by atoms with E-state index in [1.165, 1.54) is 4.90 Å². The van der Waals surface area contributed by atoms with Crippen LogP contribution in [0.25, 0.3) is 0 Å². The van der Waals surface area contributed by atoms with Crippen LogP contribution in [-0.4, -0.2) is 30.0 Å². The summed E-state index contributed by atoms with van der Waals surface area (Å²) in [5.74, 6) is -0.0692. The van der Waals surface area contributed by atoms with Crippen molar-refractivity contribution in [2.45, 2.75) is 4.90 Å². The average Bonchev–Trinajstić information content (AvgIpc) is 2.48. The molecule has 0 saturated heterocycles. The van der Waals surface area contributed by atoms with E-state index < -0.39 is 0 Å². The van der Waals surface area contributed by atoms with E-state index >= 15 is 0 Å². The Hall–Kier alpha value is -2.07. The molecule has 0 saturated carbocycles. The van der Waals surface area contributed by atoms with Gasteiger partial charge in [-0.25, -0.2) is 0 Å². The Bertz CT molecular complexity index is 623. The van der Waals surface area contributed by atoms with E-state index in [9.17, 15) is 9.59 Å². The number of carbonyl (C=O) groups is 2. The number of nitrogens with zero attached hydrogens (tertiary/aromatic N) is 1. The number of hydrogen-bond acceptors (Lipinski definition) is 3. The molecule has 4 heteroatoms. The van der Waals surface area contributed by atoms with Gasteiger partial charge in [0.15, 0.2) is 5.78 Å². The summed E-state index contributed by atoms with van der Waals surface area (Å²) in [4.78, 5) is 26.5. The van der Waals surface area contributed by atoms with Crippen LogP contribution in [-0.2, 0) is 0 Å². The van der Waals surface area contributed by atoms with Crippen molar-refractivity contribution in [1.82, 2.24) is 4.90 Å². The predicted octanol–water partition coefficient (Wildman–Crippen LogP) is 3.69. The summed E-state index contributed by atoms with van der Waals surface area (Å²) in [5.41, 5.74) is 1.18. The highest BCUT2D eigenvalue weighted by Crippen LogP contribution is 2.26. The van der Waals surface area contributed by atoms with Gasteiger partial charge in [-0.2, -0.15) is 0 Å². The SMILES string of the molecule is CN(C)C(=O)Sc1ccccc1C(=O)c1ccccc1. The maximum atomic E-state index is 12.5. The topological polar surface area (TPSA) is 37.4 Å². The van der Waals surface area contributed by atoms with Crippen LogP contribution in [0.2, 0.25) is 0 Å². The van der Waals surface area contributed by atoms with Crippen molar-refractivity contribution in [1.29, 1.82) is 0 Å². The van der Waals surface area contributed by atoms with Gasteiger partial charge in [0.2, 0.25) is 0 Å². The largest absolute Gasteiger partial charge is 0.339 e. The lowest BCUT2D eigenvalue weighted by Crippen LogP contribution is -2.16. The molecule has 102 valence electrons. The van der Waals surface area contributed by atoms with Gasteiger partial charge in [-0.05, 0) is 23.9 Å². The summed E-state index contributed by atoms with van der Waals surface area (Å²) in [6.45, 7) is 0. The first kappa shape index (κ1) is 14.3. The van der Waals surface area contributed by atoms with E-state index in [0.717, 1.165) is 11.8 Å². The van der Waals surface area contributed by atoms with Crippen molar-refractivity contribution in [2.75, 3.05) is 14.1 Å². The Kier molecular flexibility index (Phi) is 4.58. The van der Waals surface area contributed by atoms with Gasteiger partial charge in [-0.1, -0.05) is 42.5 Å². The third-order valence-corrected chi connectivity index (χ3v) is 3.85. The van der Waals surface area contributed by atoms with Crippen molar-refractivity contribution < 1.29 is 9.59 Å². The maximum absolute atomic E-state index is 12.5. The monoisotopic (exact) mass is 285 g/mol. The molecule has 2 aromatic rings. The van der Waals surface area contributed by atoms with Gasteiger partial charge >= 0.3 is 0 Å². The molecular weight excluding hydrogens is 270 g/mol. The summed E-state index contributed by atoms with van der Waals surface area (Å²) >= 11 is 1.07. The number of hydrogen-bond donors (Lipinski definition) is 0. The Balaban J connectivity index is 2.33. The summed E-state index contributed by atoms with van der Waals surface area (Å²) in [7, 11) is 3.38. The fraction of sp³-hybridized carbons (Fsp3) is 0.125. The fourth-order valence-electron chi connectivity index (χ4n) is 1.67. The minimum absolute atomic E-state index is 0.0692. The fourth-order valence-corrected chi connectivity index (χ4v) is 2.46. The highest BCUT2D eigenvalue weighted by Gasteiger charge is 2.16. The second kappa shape index (κ2) is 6.39. The lowest BCUT2D eigenvalue weighted by atomic mass is 10.0. The average molecular weight is 285 g/mol. The Morgan fingerprint density at radius 2 is 1.50 bits per heavy atom. The lowest BCUT2D eigenvalue weighted by Gasteiger charge is -2.11. The summed E-state index contributed by atoms with van der Waals surface area (Å²) in [6.07, 6.45) is 0. The first-order valence-corrected chi connectivity index (χ1v) is 6.99. The van der Waals surface area contributed by atoms with E-state index in [2.05, 4.69) is 0 Å². The Morgan fingerprint density at radius 3 is 2.15 bits per heavy atom. The van der Waals surface area contributed by atoms with Gasteiger partial charge in [0.25, 0.3) is 5.24 Å². The summed E-state index contributed by atoms with van der Waals surface area (Å²) in [6, 6.07) is 16.3. The molecule has 0 fully saturated rings. The second-order valence-corrected chi connectivity index (χ2v) is 5.45. The zero-order valence-electron chi connectivity index (χ0n) is 11.4. The predicted molar refractivity (Wildman–Crippen MR) is 81.3 cm³/mol. The van der Waals surface area contributed by atoms with Crippen LogP contribution < -0.4 is 0 Å². The van der Waals surface area contributed by atoms with Crippen LogP contribution in [0.1, 0.15) is 15.9 Å². The molecule has 0 aliphatic carbocycles. The van der Waals surface area contributed by atoms with Crippen LogP contribution in [0, 0.1) is 0 Å². The van der Waals surface area contributed by atoms with Gasteiger partial charge in [0.05, 0.1) is 0 Å². The first-order valence-electron chi connectivity index (χ1n) is 6.17. The number of carbonyl (C=O) groups excluding carboxylic acids is 2. The highest BCUT2D eigenvalue weighted by atomic mass is 32.2. The third-order valence-electron chi connectivity index (χ3n) is 2.73. The van der Waals surface area contributed by atoms with E-state index in [-0.39, 0.29) is 11.0 Å². The van der Waals surface area contributed by atoms with Crippen molar-refractivity contribution in [3.63, 3.8) is 0 Å². The van der Waals surface area contributed by atoms with Gasteiger partial charge in [0, 0.05) is 30.1 Å². The molecule has 2 rings (SSSR count). The zero-order valence-corrected chi connectivity index (χ0v) is 12.2. The minimum Gasteiger partial charge on any atom is -0.339 e. The Morgan fingerprint density at radius 1 is 0.900 bits per heavy atom. The first-order chi connectivity index (χ1) is 9.59. The maximum Gasteiger partial charge on any atom is 0.285 e. The Labute approximate surface area is 122 Å². The van der Waals surface area contributed by atoms with E-state index in [1.54, 1.807) is 44.4 Å². The van der Waals surface area contributed by atoms with E-state index in [0.29, 0.717) is 16.0 Å². The molecule has 0 spiro atoms. The minimum atomic E-state index is -0.0988. The number of rotatable bonds is 3. The van der Waals surface area contributed by atoms with Crippen molar-refractivity contribution in [3.8, 4) is 0 Å². The second-order valence-electron chi connectivity index (χ2n) is 4.45. The van der Waals surface area contributed by atoms with Crippen molar-refractivity contribution in [2.24, 2.45) is 0 Å². The van der Waals surface area contributed by atoms with Crippen LogP contribution in [0.4, 0.5) is 4.79 Å². The van der Waals surface area contributed by atoms with Crippen LogP contribution in [0.15, 0.2) is 59.5 Å². The van der Waals surface area contributed by atoms with Crippen LogP contribution >= 0.6 is 11.8 Å². The van der Waals surface area contributed by atoms with Crippen molar-refractivity contribution >= 4 is 22.8 Å². The molecule has 2 aromatic carbocycles. The normalized spacial score (nSPS) is 10.1. The zero-order chi connectivity index (χ0) is 14.5. The van der Waals surface area contributed by atoms with Gasteiger partial charge in [0.1, 0.15) is 0 Å². The lowest BCUT2D eigenvalue weighted by molar-refractivity contribution is 0.103. The number of ketones is 1. The quantitative estimate of drug-likeness (QED) is 0.637. The van der Waals surface area contributed by atoms with Gasteiger partial charge in [-0.3, -0.25) is 9.59 Å². The van der Waals surface area contributed by atoms with Gasteiger partial charge in [-0.15, -0.1) is 0 Å². The third kappa shape index (κ3) is 3.27. The molecule has 0 aliphatic heterocycles. The number of amides is 1. The standard InChI is InChI=1S/C16H15NO2S/c1-17(2)16(19)20-14-11-7-6-10-13(14)15(18)12-8-4-3-5-9-12/h3-11H,1-2H3. The molecular formula is C16H15NO2S. The molecule has 0 atom stereocenters. The van der Waals surface area contributed by atoms with Crippen LogP contribution in [0.5, 0.6) is 0 Å². The molecule has 0 N–H and O–H groups in total. The highest BCUT2D eigenvalue weighted by molar-refractivity contribution is 8.13. The molecule has 20 heavy (non-hydrogen) atoms. The number of benzene rings is 2. The smallest absolute Gasteiger partial charge is 0.285 e. The summed E-state index contributed by atoms with van der Waals surface area (Å²) in [5, 5.41) is -0.0988. The number of thioether (sulfide) groups is 1. The summed E-state index contributed by atoms with van der Waals surface area (Å²) < 4.78 is 0. The van der Waals surface area contributed by atoms with E-state index in [1.807, 2.05) is 24.3 Å². The molecule has 0 heterocycles. The molecule has 0 radical (unpaired) electrons. The molecule has 0 bridgehead atoms. The molecule has 1 amide bonds. The molecule has 0 aliphatic rings. The molecule has 0 unspecified atom stereocenters. The molecule has 0 aromatic heterocycles. The molecule has 3 nitrogen and oxygen atoms in total.